The summed E-state index contributed by atoms with van der Waals surface area (Å²) in [5.74, 6) is -0.890. The highest BCUT2D eigenvalue weighted by Crippen LogP contribution is 2.34. The van der Waals surface area contributed by atoms with E-state index in [1.807, 2.05) is 68.0 Å². The second-order valence-corrected chi connectivity index (χ2v) is 18.7. The van der Waals surface area contributed by atoms with Crippen molar-refractivity contribution in [3.05, 3.63) is 101 Å². The molecule has 17 heteroatoms. The topological polar surface area (TPSA) is 228 Å². The molecule has 3 amide bonds. The first kappa shape index (κ1) is 48.5. The summed E-state index contributed by atoms with van der Waals surface area (Å²) < 4.78 is 7.42. The molecule has 6 aromatic rings. The van der Waals surface area contributed by atoms with Crippen molar-refractivity contribution in [3.8, 4) is 38.6 Å². The first-order valence-electron chi connectivity index (χ1n) is 23.3. The number of carbonyl (C=O) groups is 3. The van der Waals surface area contributed by atoms with Gasteiger partial charge in [0, 0.05) is 55.0 Å². The van der Waals surface area contributed by atoms with Crippen LogP contribution in [-0.2, 0) is 20.9 Å². The second kappa shape index (κ2) is 22.8. The Bertz CT molecular complexity index is 2590. The Balaban J connectivity index is 0.852. The van der Waals surface area contributed by atoms with Gasteiger partial charge in [0.15, 0.2) is 5.82 Å². The Morgan fingerprint density at radius 3 is 2.34 bits per heavy atom. The van der Waals surface area contributed by atoms with Crippen molar-refractivity contribution in [2.45, 2.75) is 123 Å². The number of carbonyl (C=O) groups excluding carboxylic acids is 3. The number of rotatable bonds is 22. The highest BCUT2D eigenvalue weighted by atomic mass is 32.1. The minimum Gasteiger partial charge on any atom is -0.507 e. The molecule has 0 spiro atoms. The number of hydrogen-bond acceptors (Lipinski definition) is 13. The largest absolute Gasteiger partial charge is 0.507 e. The molecule has 1 fully saturated rings. The van der Waals surface area contributed by atoms with E-state index in [0.717, 1.165) is 90.7 Å². The van der Waals surface area contributed by atoms with E-state index in [4.69, 9.17) is 10.3 Å². The number of phenolic OH excluding ortho intramolecular Hbond substituents is 1. The molecule has 4 aromatic heterocycles. The van der Waals surface area contributed by atoms with Gasteiger partial charge in [0.1, 0.15) is 23.5 Å². The summed E-state index contributed by atoms with van der Waals surface area (Å²) in [4.78, 5) is 48.5. The van der Waals surface area contributed by atoms with Gasteiger partial charge in [-0.3, -0.25) is 19.1 Å². The normalized spacial score (nSPS) is 15.8. The summed E-state index contributed by atoms with van der Waals surface area (Å²) in [7, 11) is 0. The molecule has 4 atom stereocenters. The highest BCUT2D eigenvalue weighted by Gasteiger charge is 2.43. The fraction of sp³-hybridized carbons (Fsp3) is 0.440. The summed E-state index contributed by atoms with van der Waals surface area (Å²) in [6, 6.07) is 16.7. The lowest BCUT2D eigenvalue weighted by Gasteiger charge is -2.30. The molecular weight excluding hydrogens is 869 g/mol. The third-order valence-electron chi connectivity index (χ3n) is 12.4. The Labute approximate surface area is 395 Å². The van der Waals surface area contributed by atoms with Gasteiger partial charge >= 0.3 is 0 Å². The first-order valence-corrected chi connectivity index (χ1v) is 24.2. The van der Waals surface area contributed by atoms with Gasteiger partial charge in [0.05, 0.1) is 52.2 Å². The zero-order valence-corrected chi connectivity index (χ0v) is 39.5. The monoisotopic (exact) mass is 930 g/mol. The van der Waals surface area contributed by atoms with Crippen molar-refractivity contribution in [1.29, 1.82) is 0 Å². The zero-order chi connectivity index (χ0) is 47.5. The number of anilines is 1. The van der Waals surface area contributed by atoms with Gasteiger partial charge in [-0.25, -0.2) is 4.98 Å². The Hall–Kier alpha value is -6.46. The van der Waals surface area contributed by atoms with Crippen LogP contribution >= 0.6 is 11.3 Å². The molecule has 1 aliphatic heterocycles. The third kappa shape index (κ3) is 12.5. The predicted octanol–water partition coefficient (Wildman–Crippen LogP) is 7.91. The van der Waals surface area contributed by atoms with Crippen LogP contribution in [0.5, 0.6) is 5.75 Å². The molecule has 354 valence electrons. The molecule has 6 N–H and O–H groups in total. The molecule has 2 aromatic carbocycles. The van der Waals surface area contributed by atoms with Gasteiger partial charge in [-0.1, -0.05) is 93.9 Å². The molecule has 0 radical (unpaired) electrons. The minimum atomic E-state index is -0.925. The standard InChI is InChI=1S/C50H62N10O6S/c1-31(2)46(44-23-32(3)58-66-44)50(65)60-29-37(61)24-42(60)49(64)55-40(34-17-19-35(20-18-34)47-33(4)53-30-67-47)26-45(63)52-21-13-9-7-5-6-8-10-14-22-59-28-36(27-54-59)39-25-41(56-57-48(39)51)38-15-11-12-16-43(38)62/h11-12,15-20,23,25,27-28,30-31,37,40,42,46,61-62H,5-10,13-14,21-22,24,26,29H2,1-4H3,(H2,51,57)(H,52,63)(H,55,64). The predicted molar refractivity (Wildman–Crippen MR) is 257 cm³/mol. The number of aromatic nitrogens is 6. The lowest BCUT2D eigenvalue weighted by atomic mass is 9.91. The summed E-state index contributed by atoms with van der Waals surface area (Å²) in [5, 5.41) is 44.0. The molecular formula is C50H62N10O6S. The molecule has 1 aliphatic rings. The van der Waals surface area contributed by atoms with E-state index in [0.29, 0.717) is 35.1 Å². The van der Waals surface area contributed by atoms with Gasteiger partial charge in [-0.05, 0) is 61.9 Å². The average molecular weight is 931 g/mol. The Morgan fingerprint density at radius 2 is 1.66 bits per heavy atom. The number of benzene rings is 2. The minimum absolute atomic E-state index is 0.00920. The lowest BCUT2D eigenvalue weighted by molar-refractivity contribution is -0.141. The number of nitrogens with zero attached hydrogens (tertiary/aromatic N) is 7. The fourth-order valence-corrected chi connectivity index (χ4v) is 9.55. The fourth-order valence-electron chi connectivity index (χ4n) is 8.74. The number of unbranched alkanes of at least 4 members (excludes halogenated alkanes) is 7. The van der Waals surface area contributed by atoms with Crippen molar-refractivity contribution in [2.24, 2.45) is 5.92 Å². The van der Waals surface area contributed by atoms with Crippen molar-refractivity contribution >= 4 is 34.9 Å². The van der Waals surface area contributed by atoms with Crippen LogP contribution in [0.3, 0.4) is 0 Å². The van der Waals surface area contributed by atoms with E-state index < -0.39 is 30.0 Å². The van der Waals surface area contributed by atoms with Crippen molar-refractivity contribution in [2.75, 3.05) is 18.8 Å². The van der Waals surface area contributed by atoms with E-state index in [1.54, 1.807) is 54.2 Å². The molecule has 0 saturated carbocycles. The highest BCUT2D eigenvalue weighted by molar-refractivity contribution is 7.13. The maximum absolute atomic E-state index is 14.1. The van der Waals surface area contributed by atoms with Crippen molar-refractivity contribution in [3.63, 3.8) is 0 Å². The Morgan fingerprint density at radius 1 is 0.925 bits per heavy atom. The van der Waals surface area contributed by atoms with Gasteiger partial charge in [0.2, 0.25) is 17.7 Å². The van der Waals surface area contributed by atoms with Gasteiger partial charge < -0.3 is 36.0 Å². The van der Waals surface area contributed by atoms with Crippen molar-refractivity contribution in [1.82, 2.24) is 45.7 Å². The van der Waals surface area contributed by atoms with Crippen LogP contribution in [0.1, 0.15) is 113 Å². The van der Waals surface area contributed by atoms with Crippen LogP contribution in [0, 0.1) is 19.8 Å². The number of para-hydroxylation sites is 1. The summed E-state index contributed by atoms with van der Waals surface area (Å²) >= 11 is 1.55. The molecule has 7 rings (SSSR count). The van der Waals surface area contributed by atoms with E-state index in [-0.39, 0.29) is 42.9 Å². The number of hydrogen-bond donors (Lipinski definition) is 5. The SMILES string of the molecule is Cc1cc(C(C(=O)N2CC(O)CC2C(=O)NC(CC(=O)NCCCCCCCCCCn2cc(-c3cc(-c4ccccc4O)nnc3N)cn2)c2ccc(-c3scnc3C)cc2)C(C)C)on1. The Kier molecular flexibility index (Phi) is 16.5. The smallest absolute Gasteiger partial charge is 0.243 e. The number of nitrogens with two attached hydrogens (primary N) is 1. The summed E-state index contributed by atoms with van der Waals surface area (Å²) in [6.07, 6.45) is 11.3. The number of amides is 3. The second-order valence-electron chi connectivity index (χ2n) is 17.9. The van der Waals surface area contributed by atoms with E-state index in [1.165, 1.54) is 4.90 Å². The van der Waals surface area contributed by atoms with E-state index in [9.17, 15) is 24.6 Å². The quantitative estimate of drug-likeness (QED) is 0.0409. The maximum atomic E-state index is 14.1. The molecule has 67 heavy (non-hydrogen) atoms. The molecule has 0 bridgehead atoms. The number of aromatic hydroxyl groups is 1. The summed E-state index contributed by atoms with van der Waals surface area (Å²) in [5.41, 5.74) is 14.0. The maximum Gasteiger partial charge on any atom is 0.243 e. The number of thiazole rings is 1. The summed E-state index contributed by atoms with van der Waals surface area (Å²) in [6.45, 7) is 8.90. The van der Waals surface area contributed by atoms with E-state index in [2.05, 4.69) is 36.1 Å². The van der Waals surface area contributed by atoms with Crippen LogP contribution < -0.4 is 16.4 Å². The number of aryl methyl sites for hydroxylation is 3. The molecule has 0 aliphatic carbocycles. The van der Waals surface area contributed by atoms with Gasteiger partial charge in [-0.2, -0.15) is 5.10 Å². The number of aliphatic hydroxyl groups excluding tert-OH is 1. The van der Waals surface area contributed by atoms with Crippen LogP contribution in [0.15, 0.2) is 83.1 Å². The van der Waals surface area contributed by atoms with Gasteiger partial charge in [-0.15, -0.1) is 21.5 Å². The van der Waals surface area contributed by atoms with Crippen LogP contribution in [0.4, 0.5) is 5.82 Å². The van der Waals surface area contributed by atoms with E-state index >= 15 is 0 Å². The zero-order valence-electron chi connectivity index (χ0n) is 38.7. The van der Waals surface area contributed by atoms with Crippen molar-refractivity contribution < 1.29 is 29.1 Å². The number of β-amino-alcohol motifs (C(OH)–C–C–N with tert-alkyl or cyclic N) is 1. The van der Waals surface area contributed by atoms with Crippen LogP contribution in [0.2, 0.25) is 0 Å². The molecule has 5 heterocycles. The molecule has 1 saturated heterocycles. The number of nitrogens with one attached hydrogen (secondary N) is 2. The van der Waals surface area contributed by atoms with Crippen LogP contribution in [0.25, 0.3) is 32.8 Å². The number of likely N-dealkylation sites (tertiary alicyclic amines) is 1. The van der Waals surface area contributed by atoms with Crippen LogP contribution in [-0.4, -0.2) is 88.2 Å². The number of aliphatic hydroxyl groups is 1. The lowest BCUT2D eigenvalue weighted by Crippen LogP contribution is -2.49. The first-order chi connectivity index (χ1) is 32.4. The number of phenols is 1. The molecule has 16 nitrogen and oxygen atoms in total. The number of nitrogen functional groups attached to an aromatic ring is 1. The molecule has 4 unspecified atom stereocenters. The van der Waals surface area contributed by atoms with Gasteiger partial charge in [0.25, 0.3) is 0 Å². The third-order valence-corrected chi connectivity index (χ3v) is 13.3. The average Bonchev–Trinajstić information content (AvgIpc) is 4.14.